The van der Waals surface area contributed by atoms with E-state index in [-0.39, 0.29) is 29.0 Å². The highest BCUT2D eigenvalue weighted by Crippen LogP contribution is 2.62. The van der Waals surface area contributed by atoms with E-state index in [2.05, 4.69) is 19.2 Å². The van der Waals surface area contributed by atoms with Crippen molar-refractivity contribution in [3.8, 4) is 0 Å². The van der Waals surface area contributed by atoms with Crippen molar-refractivity contribution >= 4 is 20.8 Å². The molecule has 2 aromatic heterocycles. The van der Waals surface area contributed by atoms with E-state index in [1.165, 1.54) is 23.0 Å². The van der Waals surface area contributed by atoms with Crippen LogP contribution in [0.25, 0.3) is 15.9 Å². The number of hydrogen-bond donors (Lipinski definition) is 0. The summed E-state index contributed by atoms with van der Waals surface area (Å²) in [5.41, 5.74) is -0.776. The maximum atomic E-state index is 14.8. The molecule has 2 saturated carbocycles. The lowest BCUT2D eigenvalue weighted by Crippen LogP contribution is -2.62. The van der Waals surface area contributed by atoms with Gasteiger partial charge in [-0.3, -0.25) is 9.36 Å². The number of rotatable bonds is 6. The van der Waals surface area contributed by atoms with Crippen molar-refractivity contribution in [2.45, 2.75) is 63.0 Å². The molecule has 0 bridgehead atoms. The van der Waals surface area contributed by atoms with Gasteiger partial charge in [0.25, 0.3) is 17.5 Å². The molecule has 11 heteroatoms. The van der Waals surface area contributed by atoms with Gasteiger partial charge >= 0.3 is 0 Å². The SMILES string of the molecule is [C-]#[N+]C1(c2cc3c(C[C@H](C)c4cccc(C(F)F)c4F)ncnc3n(C)c2=O)CC2(C1)CS(=O)(=NC1CC1)C2. The lowest BCUT2D eigenvalue weighted by atomic mass is 9.56. The van der Waals surface area contributed by atoms with Gasteiger partial charge in [-0.15, -0.1) is 0 Å². The molecule has 1 atom stereocenters. The fourth-order valence-corrected chi connectivity index (χ4v) is 9.64. The summed E-state index contributed by atoms with van der Waals surface area (Å²) in [7, 11) is -0.611. The number of halogens is 3. The Hall–Kier alpha value is -3.26. The van der Waals surface area contributed by atoms with Crippen LogP contribution in [0.3, 0.4) is 0 Å². The Bertz CT molecular complexity index is 1710. The standard InChI is InChI=1S/C28H28F3N5O2S/c1-16(18-5-4-6-19(23(18)29)24(30)31)9-22-20-10-21(26(37)36(3)25(20)34-15-33-22)28(32-2)11-27(12-28)13-39(38,14-27)35-17-7-8-17/h4-6,10,15-17,24H,7-9,11-14H2,1,3H3/t16-,27?,28?,39?/m0/s1. The van der Waals surface area contributed by atoms with Crippen molar-refractivity contribution in [2.75, 3.05) is 11.5 Å². The van der Waals surface area contributed by atoms with Crippen LogP contribution in [-0.4, -0.2) is 36.3 Å². The second-order valence-electron chi connectivity index (χ2n) is 11.5. The number of alkyl halides is 2. The Morgan fingerprint density at radius 2 is 1.92 bits per heavy atom. The van der Waals surface area contributed by atoms with Gasteiger partial charge in [0.1, 0.15) is 23.4 Å². The third kappa shape index (κ3) is 4.24. The first-order chi connectivity index (χ1) is 18.5. The maximum Gasteiger partial charge on any atom is 0.266 e. The van der Waals surface area contributed by atoms with E-state index in [9.17, 15) is 22.2 Å². The summed E-state index contributed by atoms with van der Waals surface area (Å²) in [4.78, 5) is 26.1. The molecule has 0 N–H and O–H groups in total. The summed E-state index contributed by atoms with van der Waals surface area (Å²) < 4.78 is 60.3. The predicted octanol–water partition coefficient (Wildman–Crippen LogP) is 5.29. The number of aryl methyl sites for hydroxylation is 1. The largest absolute Gasteiger partial charge is 0.305 e. The van der Waals surface area contributed by atoms with Gasteiger partial charge in [-0.25, -0.2) is 38.3 Å². The highest BCUT2D eigenvalue weighted by Gasteiger charge is 2.68. The summed E-state index contributed by atoms with van der Waals surface area (Å²) in [6.07, 6.45) is 1.52. The predicted molar refractivity (Wildman–Crippen MR) is 142 cm³/mol. The molecule has 1 aromatic carbocycles. The van der Waals surface area contributed by atoms with Crippen LogP contribution >= 0.6 is 0 Å². The number of benzene rings is 1. The lowest BCUT2D eigenvalue weighted by Gasteiger charge is -2.55. The van der Waals surface area contributed by atoms with Crippen LogP contribution in [0.1, 0.15) is 67.3 Å². The van der Waals surface area contributed by atoms with Crippen molar-refractivity contribution in [2.24, 2.45) is 16.8 Å². The molecule has 3 aromatic rings. The minimum atomic E-state index is -2.92. The summed E-state index contributed by atoms with van der Waals surface area (Å²) in [6, 6.07) is 5.89. The molecule has 0 radical (unpaired) electrons. The Balaban J connectivity index is 1.34. The van der Waals surface area contributed by atoms with Crippen LogP contribution in [0.2, 0.25) is 0 Å². The second-order valence-corrected chi connectivity index (χ2v) is 13.9. The minimum Gasteiger partial charge on any atom is -0.305 e. The van der Waals surface area contributed by atoms with E-state index >= 15 is 0 Å². The topological polar surface area (TPSA) is 81.6 Å². The molecule has 1 aliphatic heterocycles. The molecule has 0 unspecified atom stereocenters. The highest BCUT2D eigenvalue weighted by molar-refractivity contribution is 7.95. The Morgan fingerprint density at radius 3 is 2.56 bits per heavy atom. The van der Waals surface area contributed by atoms with E-state index < -0.39 is 39.0 Å². The quantitative estimate of drug-likeness (QED) is 0.387. The summed E-state index contributed by atoms with van der Waals surface area (Å²) >= 11 is 0. The van der Waals surface area contributed by atoms with Crippen LogP contribution in [0.4, 0.5) is 13.2 Å². The molecule has 1 spiro atoms. The fraction of sp³-hybridized carbons (Fsp3) is 0.500. The van der Waals surface area contributed by atoms with Crippen molar-refractivity contribution in [3.63, 3.8) is 0 Å². The highest BCUT2D eigenvalue weighted by atomic mass is 32.2. The number of fused-ring (bicyclic) bond motifs is 1. The first-order valence-corrected chi connectivity index (χ1v) is 14.8. The zero-order valence-corrected chi connectivity index (χ0v) is 22.5. The maximum absolute atomic E-state index is 14.8. The third-order valence-electron chi connectivity index (χ3n) is 8.41. The van der Waals surface area contributed by atoms with Crippen molar-refractivity contribution in [3.05, 3.63) is 80.6 Å². The van der Waals surface area contributed by atoms with Crippen molar-refractivity contribution in [1.29, 1.82) is 0 Å². The Labute approximate surface area is 224 Å². The Morgan fingerprint density at radius 1 is 1.23 bits per heavy atom. The molecule has 204 valence electrons. The summed E-state index contributed by atoms with van der Waals surface area (Å²) in [6.45, 7) is 9.76. The zero-order valence-electron chi connectivity index (χ0n) is 21.7. The average molecular weight is 556 g/mol. The molecule has 2 aliphatic carbocycles. The molecular formula is C28H28F3N5O2S. The minimum absolute atomic E-state index is 0.161. The molecule has 1 saturated heterocycles. The summed E-state index contributed by atoms with van der Waals surface area (Å²) in [5, 5.41) is 0.567. The van der Waals surface area contributed by atoms with E-state index in [1.807, 2.05) is 0 Å². The van der Waals surface area contributed by atoms with E-state index in [0.29, 0.717) is 46.6 Å². The van der Waals surface area contributed by atoms with E-state index in [0.717, 1.165) is 18.9 Å². The van der Waals surface area contributed by atoms with Crippen LogP contribution in [-0.2, 0) is 28.7 Å². The first-order valence-electron chi connectivity index (χ1n) is 13.0. The average Bonchev–Trinajstić information content (AvgIpc) is 3.67. The van der Waals surface area contributed by atoms with Crippen LogP contribution in [0, 0.1) is 17.8 Å². The molecule has 7 nitrogen and oxygen atoms in total. The van der Waals surface area contributed by atoms with Gasteiger partial charge in [0, 0.05) is 51.9 Å². The molecule has 39 heavy (non-hydrogen) atoms. The van der Waals surface area contributed by atoms with E-state index in [4.69, 9.17) is 6.57 Å². The van der Waals surface area contributed by atoms with Gasteiger partial charge in [0.15, 0.2) is 0 Å². The third-order valence-corrected chi connectivity index (χ3v) is 11.2. The number of pyridine rings is 1. The normalized spacial score (nSPS) is 28.6. The van der Waals surface area contributed by atoms with Gasteiger partial charge in [0.2, 0.25) is 0 Å². The van der Waals surface area contributed by atoms with Gasteiger partial charge in [-0.2, -0.15) is 0 Å². The lowest BCUT2D eigenvalue weighted by molar-refractivity contribution is 0.0840. The molecule has 6 rings (SSSR count). The monoisotopic (exact) mass is 555 g/mol. The number of hydrogen-bond acceptors (Lipinski definition) is 5. The second kappa shape index (κ2) is 8.88. The van der Waals surface area contributed by atoms with E-state index in [1.54, 1.807) is 20.0 Å². The molecule has 3 fully saturated rings. The van der Waals surface area contributed by atoms with Crippen LogP contribution in [0.15, 0.2) is 39.8 Å². The zero-order chi connectivity index (χ0) is 27.7. The Kier molecular flexibility index (Phi) is 5.92. The summed E-state index contributed by atoms with van der Waals surface area (Å²) in [5.74, 6) is -0.445. The molecule has 0 amide bonds. The van der Waals surface area contributed by atoms with Crippen molar-refractivity contribution < 1.29 is 17.4 Å². The van der Waals surface area contributed by atoms with Gasteiger partial charge in [0.05, 0.1) is 17.3 Å². The van der Waals surface area contributed by atoms with Crippen LogP contribution in [0.5, 0.6) is 0 Å². The van der Waals surface area contributed by atoms with Crippen molar-refractivity contribution in [1.82, 2.24) is 14.5 Å². The molecule has 3 heterocycles. The smallest absolute Gasteiger partial charge is 0.266 e. The number of aromatic nitrogens is 3. The van der Waals surface area contributed by atoms with Gasteiger partial charge in [-0.1, -0.05) is 25.1 Å². The molecule has 3 aliphatic rings. The molecular weight excluding hydrogens is 527 g/mol. The van der Waals surface area contributed by atoms with Gasteiger partial charge < -0.3 is 4.85 Å². The van der Waals surface area contributed by atoms with Crippen LogP contribution < -0.4 is 5.56 Å². The fourth-order valence-electron chi connectivity index (χ4n) is 6.50. The number of nitrogens with zero attached hydrogens (tertiary/aromatic N) is 5. The first kappa shape index (κ1) is 26.0. The van der Waals surface area contributed by atoms with Gasteiger partial charge in [-0.05, 0) is 36.8 Å².